The molecule has 0 spiro atoms. The number of hydrogen-bond acceptors (Lipinski definition) is 2. The Labute approximate surface area is 127 Å². The van der Waals surface area contributed by atoms with Gasteiger partial charge in [0.15, 0.2) is 0 Å². The maximum atomic E-state index is 5.41. The standard InChI is InChI=1S/C19H23NO/c1-13-5-7-14(8-6-13)18-16-10-9-15(21-4)11-17(16)19(2,3)12-20-18/h5-11,18,20H,12H2,1-4H3. The Morgan fingerprint density at radius 1 is 1.10 bits per heavy atom. The van der Waals surface area contributed by atoms with Crippen LogP contribution in [0.4, 0.5) is 0 Å². The van der Waals surface area contributed by atoms with Gasteiger partial charge in [-0.05, 0) is 35.7 Å². The van der Waals surface area contributed by atoms with Crippen molar-refractivity contribution in [1.82, 2.24) is 5.32 Å². The van der Waals surface area contributed by atoms with Crippen LogP contribution in [0.25, 0.3) is 0 Å². The normalized spacial score (nSPS) is 19.9. The first-order chi connectivity index (χ1) is 10.0. The van der Waals surface area contributed by atoms with E-state index in [2.05, 4.69) is 68.6 Å². The van der Waals surface area contributed by atoms with Gasteiger partial charge in [-0.15, -0.1) is 0 Å². The van der Waals surface area contributed by atoms with Gasteiger partial charge in [0.25, 0.3) is 0 Å². The molecule has 2 aromatic rings. The Kier molecular flexibility index (Phi) is 3.50. The largest absolute Gasteiger partial charge is 0.497 e. The molecule has 2 nitrogen and oxygen atoms in total. The summed E-state index contributed by atoms with van der Waals surface area (Å²) in [4.78, 5) is 0. The van der Waals surface area contributed by atoms with E-state index in [1.165, 1.54) is 22.3 Å². The van der Waals surface area contributed by atoms with Crippen molar-refractivity contribution in [3.8, 4) is 5.75 Å². The first kappa shape index (κ1) is 14.2. The van der Waals surface area contributed by atoms with Crippen LogP contribution >= 0.6 is 0 Å². The zero-order chi connectivity index (χ0) is 15.0. The molecular weight excluding hydrogens is 258 g/mol. The van der Waals surface area contributed by atoms with Gasteiger partial charge in [0.2, 0.25) is 0 Å². The van der Waals surface area contributed by atoms with Gasteiger partial charge in [0, 0.05) is 12.0 Å². The van der Waals surface area contributed by atoms with Crippen LogP contribution in [0.15, 0.2) is 42.5 Å². The van der Waals surface area contributed by atoms with E-state index in [-0.39, 0.29) is 11.5 Å². The number of hydrogen-bond donors (Lipinski definition) is 1. The molecular formula is C19H23NO. The van der Waals surface area contributed by atoms with Gasteiger partial charge in [-0.1, -0.05) is 49.7 Å². The highest BCUT2D eigenvalue weighted by atomic mass is 16.5. The molecule has 1 N–H and O–H groups in total. The number of ether oxygens (including phenoxy) is 1. The molecule has 0 amide bonds. The lowest BCUT2D eigenvalue weighted by molar-refractivity contribution is 0.391. The van der Waals surface area contributed by atoms with Crippen LogP contribution < -0.4 is 10.1 Å². The molecule has 1 aliphatic rings. The first-order valence-corrected chi connectivity index (χ1v) is 7.49. The molecule has 0 bridgehead atoms. The number of rotatable bonds is 2. The van der Waals surface area contributed by atoms with Crippen molar-refractivity contribution in [2.45, 2.75) is 32.2 Å². The van der Waals surface area contributed by atoms with E-state index in [9.17, 15) is 0 Å². The van der Waals surface area contributed by atoms with Crippen molar-refractivity contribution in [2.24, 2.45) is 0 Å². The Morgan fingerprint density at radius 2 is 1.81 bits per heavy atom. The topological polar surface area (TPSA) is 21.3 Å². The third-order valence-corrected chi connectivity index (χ3v) is 4.46. The summed E-state index contributed by atoms with van der Waals surface area (Å²) in [6.45, 7) is 7.65. The average Bonchev–Trinajstić information content (AvgIpc) is 2.48. The summed E-state index contributed by atoms with van der Waals surface area (Å²) in [6.07, 6.45) is 0. The second-order valence-electron chi connectivity index (χ2n) is 6.56. The lowest BCUT2D eigenvalue weighted by Crippen LogP contribution is -2.42. The van der Waals surface area contributed by atoms with Crippen molar-refractivity contribution in [3.05, 3.63) is 64.7 Å². The summed E-state index contributed by atoms with van der Waals surface area (Å²) in [7, 11) is 1.73. The highest BCUT2D eigenvalue weighted by Crippen LogP contribution is 2.39. The minimum absolute atomic E-state index is 0.116. The smallest absolute Gasteiger partial charge is 0.119 e. The van der Waals surface area contributed by atoms with Crippen molar-refractivity contribution in [2.75, 3.05) is 13.7 Å². The second-order valence-corrected chi connectivity index (χ2v) is 6.56. The summed E-state index contributed by atoms with van der Waals surface area (Å²) in [6, 6.07) is 15.5. The average molecular weight is 281 g/mol. The maximum absolute atomic E-state index is 5.41. The number of aryl methyl sites for hydroxylation is 1. The number of methoxy groups -OCH3 is 1. The fourth-order valence-corrected chi connectivity index (χ4v) is 3.12. The molecule has 1 heterocycles. The Bertz CT molecular complexity index is 643. The van der Waals surface area contributed by atoms with Crippen LogP contribution in [0.1, 0.15) is 42.1 Å². The highest BCUT2D eigenvalue weighted by Gasteiger charge is 2.33. The number of benzene rings is 2. The van der Waals surface area contributed by atoms with Gasteiger partial charge in [0.05, 0.1) is 13.2 Å². The molecule has 2 aromatic carbocycles. The van der Waals surface area contributed by atoms with Crippen LogP contribution in [-0.2, 0) is 5.41 Å². The molecule has 110 valence electrons. The van der Waals surface area contributed by atoms with E-state index in [1.807, 2.05) is 0 Å². The van der Waals surface area contributed by atoms with Crippen molar-refractivity contribution in [3.63, 3.8) is 0 Å². The van der Waals surface area contributed by atoms with Crippen LogP contribution in [-0.4, -0.2) is 13.7 Å². The molecule has 0 radical (unpaired) electrons. The molecule has 3 rings (SSSR count). The van der Waals surface area contributed by atoms with Gasteiger partial charge in [0.1, 0.15) is 5.75 Å². The molecule has 0 fully saturated rings. The molecule has 0 saturated carbocycles. The van der Waals surface area contributed by atoms with E-state index in [0.717, 1.165) is 12.3 Å². The first-order valence-electron chi connectivity index (χ1n) is 7.49. The molecule has 0 aliphatic carbocycles. The van der Waals surface area contributed by atoms with Crippen LogP contribution in [0.2, 0.25) is 0 Å². The molecule has 1 aliphatic heterocycles. The van der Waals surface area contributed by atoms with E-state index < -0.39 is 0 Å². The van der Waals surface area contributed by atoms with Gasteiger partial charge < -0.3 is 10.1 Å². The third-order valence-electron chi connectivity index (χ3n) is 4.46. The fourth-order valence-electron chi connectivity index (χ4n) is 3.12. The predicted molar refractivity (Wildman–Crippen MR) is 87.0 cm³/mol. The minimum atomic E-state index is 0.116. The van der Waals surface area contributed by atoms with E-state index >= 15 is 0 Å². The Morgan fingerprint density at radius 3 is 2.48 bits per heavy atom. The highest BCUT2D eigenvalue weighted by molar-refractivity contribution is 5.47. The Hall–Kier alpha value is -1.80. The summed E-state index contributed by atoms with van der Waals surface area (Å²) < 4.78 is 5.41. The Balaban J connectivity index is 2.09. The van der Waals surface area contributed by atoms with Gasteiger partial charge in [-0.3, -0.25) is 0 Å². The SMILES string of the molecule is COc1ccc2c(c1)C(C)(C)CNC2c1ccc(C)cc1. The number of fused-ring (bicyclic) bond motifs is 1. The monoisotopic (exact) mass is 281 g/mol. The summed E-state index contributed by atoms with van der Waals surface area (Å²) in [5.74, 6) is 0.936. The molecule has 1 unspecified atom stereocenters. The summed E-state index contributed by atoms with van der Waals surface area (Å²) in [5.41, 5.74) is 5.47. The lowest BCUT2D eigenvalue weighted by Gasteiger charge is -2.38. The molecule has 21 heavy (non-hydrogen) atoms. The zero-order valence-electron chi connectivity index (χ0n) is 13.2. The number of nitrogens with one attached hydrogen (secondary N) is 1. The van der Waals surface area contributed by atoms with E-state index in [0.29, 0.717) is 0 Å². The van der Waals surface area contributed by atoms with Crippen LogP contribution in [0, 0.1) is 6.92 Å². The van der Waals surface area contributed by atoms with Gasteiger partial charge >= 0.3 is 0 Å². The molecule has 0 aromatic heterocycles. The van der Waals surface area contributed by atoms with Crippen molar-refractivity contribution < 1.29 is 4.74 Å². The van der Waals surface area contributed by atoms with Crippen LogP contribution in [0.5, 0.6) is 5.75 Å². The quantitative estimate of drug-likeness (QED) is 0.899. The summed E-state index contributed by atoms with van der Waals surface area (Å²) >= 11 is 0. The van der Waals surface area contributed by atoms with Crippen LogP contribution in [0.3, 0.4) is 0 Å². The lowest BCUT2D eigenvalue weighted by atomic mass is 9.75. The van der Waals surface area contributed by atoms with E-state index in [1.54, 1.807) is 7.11 Å². The minimum Gasteiger partial charge on any atom is -0.497 e. The van der Waals surface area contributed by atoms with Gasteiger partial charge in [-0.2, -0.15) is 0 Å². The van der Waals surface area contributed by atoms with E-state index in [4.69, 9.17) is 4.74 Å². The van der Waals surface area contributed by atoms with Crippen molar-refractivity contribution >= 4 is 0 Å². The maximum Gasteiger partial charge on any atom is 0.119 e. The van der Waals surface area contributed by atoms with Gasteiger partial charge in [-0.25, -0.2) is 0 Å². The second kappa shape index (κ2) is 5.19. The van der Waals surface area contributed by atoms with Crippen molar-refractivity contribution in [1.29, 1.82) is 0 Å². The molecule has 1 atom stereocenters. The third kappa shape index (κ3) is 2.56. The molecule has 2 heteroatoms. The fraction of sp³-hybridized carbons (Fsp3) is 0.368. The molecule has 0 saturated heterocycles. The predicted octanol–water partition coefficient (Wildman–Crippen LogP) is 3.97. The summed E-state index contributed by atoms with van der Waals surface area (Å²) in [5, 5.41) is 3.70. The zero-order valence-corrected chi connectivity index (χ0v) is 13.2.